The van der Waals surface area contributed by atoms with Crippen LogP contribution in [0.1, 0.15) is 36.4 Å². The maximum absolute atomic E-state index is 14.3. The Morgan fingerprint density at radius 2 is 1.50 bits per heavy atom. The second-order valence-electron chi connectivity index (χ2n) is 6.79. The van der Waals surface area contributed by atoms with E-state index < -0.39 is 36.8 Å². The van der Waals surface area contributed by atoms with Crippen molar-refractivity contribution in [2.75, 3.05) is 20.3 Å². The first kappa shape index (κ1) is 26.1. The molecule has 6 nitrogen and oxygen atoms in total. The van der Waals surface area contributed by atoms with Gasteiger partial charge in [-0.3, -0.25) is 4.57 Å². The zero-order chi connectivity index (χ0) is 24.0. The summed E-state index contributed by atoms with van der Waals surface area (Å²) in [6, 6.07) is 12.6. The second-order valence-corrected chi connectivity index (χ2v) is 8.86. The van der Waals surface area contributed by atoms with Crippen molar-refractivity contribution in [1.29, 1.82) is 0 Å². The number of halogens is 3. The van der Waals surface area contributed by atoms with Crippen molar-refractivity contribution in [3.8, 4) is 0 Å². The summed E-state index contributed by atoms with van der Waals surface area (Å²) in [6.45, 7) is 4.72. The molecule has 0 bridgehead atoms. The van der Waals surface area contributed by atoms with Gasteiger partial charge in [-0.25, -0.2) is 4.79 Å². The van der Waals surface area contributed by atoms with Gasteiger partial charge in [0.15, 0.2) is 0 Å². The van der Waals surface area contributed by atoms with Gasteiger partial charge in [0.25, 0.3) is 5.60 Å². The van der Waals surface area contributed by atoms with Crippen LogP contribution in [0.25, 0.3) is 0 Å². The normalized spacial score (nSPS) is 15.1. The molecule has 0 spiro atoms. The molecule has 2 aromatic carbocycles. The summed E-state index contributed by atoms with van der Waals surface area (Å²) < 4.78 is 76.9. The molecule has 2 rings (SSSR count). The maximum atomic E-state index is 14.3. The Bertz CT molecular complexity index is 923. The summed E-state index contributed by atoms with van der Waals surface area (Å²) in [4.78, 5) is 13.1. The molecule has 0 amide bonds. The van der Waals surface area contributed by atoms with Crippen LogP contribution in [0, 0.1) is 6.92 Å². The minimum absolute atomic E-state index is 0.0788. The number of carbonyl (C=O) groups is 1. The average Bonchev–Trinajstić information content (AvgIpc) is 2.74. The molecule has 32 heavy (non-hydrogen) atoms. The third kappa shape index (κ3) is 5.23. The van der Waals surface area contributed by atoms with Crippen LogP contribution < -0.4 is 0 Å². The summed E-state index contributed by atoms with van der Waals surface area (Å²) in [6.07, 6.45) is -5.18. The third-order valence-corrected chi connectivity index (χ3v) is 6.87. The molecular weight excluding hydrogens is 448 g/mol. The lowest BCUT2D eigenvalue weighted by molar-refractivity contribution is -0.277. The van der Waals surface area contributed by atoms with E-state index in [2.05, 4.69) is 0 Å². The van der Waals surface area contributed by atoms with Gasteiger partial charge in [0.05, 0.1) is 13.2 Å². The standard InChI is InChI=1S/C22H26F3O6P/c1-5-29-32(27,30-6-2)19(17-14-12-16(3)13-15-17)31-20(26)21(28-4,22(23,24)25)18-10-8-7-9-11-18/h7-15,19H,5-6H2,1-4H3/t19-,21+/m0/s1. The van der Waals surface area contributed by atoms with Gasteiger partial charge in [-0.2, -0.15) is 13.2 Å². The van der Waals surface area contributed by atoms with E-state index in [0.717, 1.165) is 24.8 Å². The molecule has 0 aliphatic heterocycles. The molecule has 0 saturated heterocycles. The number of esters is 1. The number of hydrogen-bond acceptors (Lipinski definition) is 6. The molecule has 0 aromatic heterocycles. The quantitative estimate of drug-likeness (QED) is 0.315. The lowest BCUT2D eigenvalue weighted by Crippen LogP contribution is -2.52. The fraction of sp³-hybridized carbons (Fsp3) is 0.409. The Morgan fingerprint density at radius 1 is 0.969 bits per heavy atom. The Kier molecular flexibility index (Phi) is 8.65. The molecule has 10 heteroatoms. The van der Waals surface area contributed by atoms with Gasteiger partial charge >= 0.3 is 19.7 Å². The van der Waals surface area contributed by atoms with E-state index >= 15 is 0 Å². The second kappa shape index (κ2) is 10.6. The number of methoxy groups -OCH3 is 1. The van der Waals surface area contributed by atoms with Crippen molar-refractivity contribution < 1.29 is 41.1 Å². The molecule has 0 saturated carbocycles. The van der Waals surface area contributed by atoms with E-state index in [4.69, 9.17) is 18.5 Å². The molecular formula is C22H26F3O6P. The third-order valence-electron chi connectivity index (χ3n) is 4.66. The molecule has 176 valence electrons. The van der Waals surface area contributed by atoms with E-state index in [0.29, 0.717) is 0 Å². The van der Waals surface area contributed by atoms with Crippen molar-refractivity contribution in [2.45, 2.75) is 38.4 Å². The van der Waals surface area contributed by atoms with Gasteiger partial charge in [0.1, 0.15) is 0 Å². The number of alkyl halides is 3. The molecule has 2 atom stereocenters. The summed E-state index contributed by atoms with van der Waals surface area (Å²) in [5.41, 5.74) is -2.92. The first-order chi connectivity index (χ1) is 15.1. The highest BCUT2D eigenvalue weighted by molar-refractivity contribution is 7.54. The smallest absolute Gasteiger partial charge is 0.432 e. The van der Waals surface area contributed by atoms with Crippen LogP contribution in [0.3, 0.4) is 0 Å². The monoisotopic (exact) mass is 474 g/mol. The Labute approximate surface area is 185 Å². The van der Waals surface area contributed by atoms with E-state index in [1.807, 2.05) is 0 Å². The Balaban J connectivity index is 2.63. The van der Waals surface area contributed by atoms with E-state index in [1.165, 1.54) is 30.3 Å². The highest BCUT2D eigenvalue weighted by atomic mass is 31.2. The van der Waals surface area contributed by atoms with Crippen LogP contribution in [-0.4, -0.2) is 32.5 Å². The highest BCUT2D eigenvalue weighted by Gasteiger charge is 2.65. The van der Waals surface area contributed by atoms with Gasteiger partial charge in [-0.1, -0.05) is 60.2 Å². The van der Waals surface area contributed by atoms with E-state index in [1.54, 1.807) is 32.9 Å². The summed E-state index contributed by atoms with van der Waals surface area (Å²) in [7, 11) is -3.45. The minimum atomic E-state index is -5.18. The summed E-state index contributed by atoms with van der Waals surface area (Å²) >= 11 is 0. The highest BCUT2D eigenvalue weighted by Crippen LogP contribution is 2.62. The van der Waals surface area contributed by atoms with Gasteiger partial charge < -0.3 is 18.5 Å². The lowest BCUT2D eigenvalue weighted by Gasteiger charge is -2.35. The van der Waals surface area contributed by atoms with Crippen molar-refractivity contribution in [3.05, 3.63) is 71.3 Å². The summed E-state index contributed by atoms with van der Waals surface area (Å²) in [5, 5.41) is 0. The number of hydrogen-bond donors (Lipinski definition) is 0. The molecule has 0 N–H and O–H groups in total. The summed E-state index contributed by atoms with van der Waals surface area (Å²) in [5.74, 6) is -3.53. The molecule has 0 heterocycles. The maximum Gasteiger partial charge on any atom is 0.432 e. The number of rotatable bonds is 10. The van der Waals surface area contributed by atoms with Crippen LogP contribution in [0.5, 0.6) is 0 Å². The first-order valence-electron chi connectivity index (χ1n) is 9.89. The molecule has 0 aliphatic rings. The fourth-order valence-corrected chi connectivity index (χ4v) is 4.98. The number of ether oxygens (including phenoxy) is 2. The molecule has 0 unspecified atom stereocenters. The van der Waals surface area contributed by atoms with E-state index in [-0.39, 0.29) is 18.8 Å². The topological polar surface area (TPSA) is 71.1 Å². The van der Waals surface area contributed by atoms with Crippen molar-refractivity contribution >= 4 is 13.6 Å². The average molecular weight is 474 g/mol. The number of benzene rings is 2. The minimum Gasteiger partial charge on any atom is -0.442 e. The van der Waals surface area contributed by atoms with Crippen LogP contribution in [0.4, 0.5) is 13.2 Å². The Morgan fingerprint density at radius 3 is 1.94 bits per heavy atom. The Hall–Kier alpha value is -2.19. The zero-order valence-corrected chi connectivity index (χ0v) is 19.1. The molecule has 2 aromatic rings. The van der Waals surface area contributed by atoms with Gasteiger partial charge in [-0.05, 0) is 20.8 Å². The van der Waals surface area contributed by atoms with Crippen molar-refractivity contribution in [1.82, 2.24) is 0 Å². The van der Waals surface area contributed by atoms with Gasteiger partial charge in [0.2, 0.25) is 5.85 Å². The molecule has 0 aliphatic carbocycles. The fourth-order valence-electron chi connectivity index (χ4n) is 3.15. The number of aryl methyl sites for hydroxylation is 1. The predicted octanol–water partition coefficient (Wildman–Crippen LogP) is 5.91. The molecule has 0 radical (unpaired) electrons. The molecule has 0 fully saturated rings. The predicted molar refractivity (Wildman–Crippen MR) is 112 cm³/mol. The zero-order valence-electron chi connectivity index (χ0n) is 18.2. The van der Waals surface area contributed by atoms with Crippen molar-refractivity contribution in [2.24, 2.45) is 0 Å². The number of carbonyl (C=O) groups excluding carboxylic acids is 1. The van der Waals surface area contributed by atoms with Crippen LogP contribution >= 0.6 is 7.60 Å². The first-order valence-corrected chi connectivity index (χ1v) is 11.5. The largest absolute Gasteiger partial charge is 0.442 e. The van der Waals surface area contributed by atoms with Gasteiger partial charge in [0, 0.05) is 18.2 Å². The SMILES string of the molecule is CCOP(=O)(OCC)[C@H](OC(=O)[C@](OC)(c1ccccc1)C(F)(F)F)c1ccc(C)cc1. The van der Waals surface area contributed by atoms with Crippen LogP contribution in [0.2, 0.25) is 0 Å². The van der Waals surface area contributed by atoms with Crippen LogP contribution in [-0.2, 0) is 33.5 Å². The van der Waals surface area contributed by atoms with Crippen LogP contribution in [0.15, 0.2) is 54.6 Å². The van der Waals surface area contributed by atoms with Gasteiger partial charge in [-0.15, -0.1) is 0 Å². The van der Waals surface area contributed by atoms with E-state index in [9.17, 15) is 22.5 Å². The lowest BCUT2D eigenvalue weighted by atomic mass is 9.92. The van der Waals surface area contributed by atoms with Crippen molar-refractivity contribution in [3.63, 3.8) is 0 Å².